The summed E-state index contributed by atoms with van der Waals surface area (Å²) in [5.41, 5.74) is 0.355. The molecule has 0 radical (unpaired) electrons. The van der Waals surface area contributed by atoms with Gasteiger partial charge in [-0.05, 0) is 25.1 Å². The second kappa shape index (κ2) is 8.65. The zero-order valence-corrected chi connectivity index (χ0v) is 13.4. The number of ether oxygens (including phenoxy) is 1. The van der Waals surface area contributed by atoms with Gasteiger partial charge in [0.2, 0.25) is 0 Å². The molecular weight excluding hydrogens is 282 g/mol. The first-order chi connectivity index (χ1) is 10.7. The SMILES string of the molecule is CCN1CCN(c2ccc(C(=O)NCCCOC)nn2)CC1. The van der Waals surface area contributed by atoms with Crippen molar-refractivity contribution >= 4 is 11.7 Å². The molecule has 122 valence electrons. The lowest BCUT2D eigenvalue weighted by molar-refractivity contribution is 0.0942. The maximum absolute atomic E-state index is 11.9. The molecule has 0 bridgehead atoms. The summed E-state index contributed by atoms with van der Waals surface area (Å²) in [5, 5.41) is 11.0. The molecule has 1 amide bonds. The van der Waals surface area contributed by atoms with Gasteiger partial charge in [0.05, 0.1) is 0 Å². The van der Waals surface area contributed by atoms with Crippen LogP contribution in [0.2, 0.25) is 0 Å². The Morgan fingerprint density at radius 1 is 1.27 bits per heavy atom. The third-order valence-electron chi connectivity index (χ3n) is 3.84. The van der Waals surface area contributed by atoms with Gasteiger partial charge in [-0.2, -0.15) is 0 Å². The van der Waals surface area contributed by atoms with Crippen LogP contribution < -0.4 is 10.2 Å². The van der Waals surface area contributed by atoms with Crippen LogP contribution in [0.3, 0.4) is 0 Å². The number of piperazine rings is 1. The van der Waals surface area contributed by atoms with Crippen LogP contribution in [0.4, 0.5) is 5.82 Å². The normalized spacial score (nSPS) is 15.8. The average Bonchev–Trinajstić information content (AvgIpc) is 2.59. The number of methoxy groups -OCH3 is 1. The van der Waals surface area contributed by atoms with Gasteiger partial charge in [0.25, 0.3) is 5.91 Å². The van der Waals surface area contributed by atoms with E-state index in [1.54, 1.807) is 13.2 Å². The Hall–Kier alpha value is -1.73. The molecule has 0 aliphatic carbocycles. The van der Waals surface area contributed by atoms with E-state index in [0.717, 1.165) is 45.0 Å². The predicted molar refractivity (Wildman–Crippen MR) is 85.2 cm³/mol. The zero-order valence-electron chi connectivity index (χ0n) is 13.4. The lowest BCUT2D eigenvalue weighted by Crippen LogP contribution is -2.46. The number of aromatic nitrogens is 2. The van der Waals surface area contributed by atoms with Gasteiger partial charge in [-0.15, -0.1) is 10.2 Å². The van der Waals surface area contributed by atoms with Crippen LogP contribution in [-0.4, -0.2) is 74.0 Å². The van der Waals surface area contributed by atoms with Crippen LogP contribution in [-0.2, 0) is 4.74 Å². The fourth-order valence-electron chi connectivity index (χ4n) is 2.42. The van der Waals surface area contributed by atoms with Gasteiger partial charge in [-0.1, -0.05) is 6.92 Å². The van der Waals surface area contributed by atoms with Crippen LogP contribution in [0.1, 0.15) is 23.8 Å². The Labute approximate surface area is 131 Å². The highest BCUT2D eigenvalue weighted by Crippen LogP contribution is 2.12. The summed E-state index contributed by atoms with van der Waals surface area (Å²) in [4.78, 5) is 16.5. The van der Waals surface area contributed by atoms with Crippen molar-refractivity contribution in [3.05, 3.63) is 17.8 Å². The molecule has 1 saturated heterocycles. The minimum Gasteiger partial charge on any atom is -0.385 e. The second-order valence-electron chi connectivity index (χ2n) is 5.30. The highest BCUT2D eigenvalue weighted by Gasteiger charge is 2.17. The largest absolute Gasteiger partial charge is 0.385 e. The Morgan fingerprint density at radius 2 is 2.05 bits per heavy atom. The molecule has 7 heteroatoms. The van der Waals surface area contributed by atoms with Crippen LogP contribution in [0.25, 0.3) is 0 Å². The van der Waals surface area contributed by atoms with E-state index in [0.29, 0.717) is 18.8 Å². The van der Waals surface area contributed by atoms with Gasteiger partial charge in [-0.3, -0.25) is 4.79 Å². The van der Waals surface area contributed by atoms with Crippen molar-refractivity contribution < 1.29 is 9.53 Å². The van der Waals surface area contributed by atoms with Crippen molar-refractivity contribution in [3.63, 3.8) is 0 Å². The molecule has 7 nitrogen and oxygen atoms in total. The second-order valence-corrected chi connectivity index (χ2v) is 5.30. The molecular formula is C15H25N5O2. The molecule has 22 heavy (non-hydrogen) atoms. The van der Waals surface area contributed by atoms with Crippen LogP contribution in [0.15, 0.2) is 12.1 Å². The van der Waals surface area contributed by atoms with Crippen molar-refractivity contribution in [1.82, 2.24) is 20.4 Å². The number of hydrogen-bond acceptors (Lipinski definition) is 6. The molecule has 0 unspecified atom stereocenters. The third-order valence-corrected chi connectivity index (χ3v) is 3.84. The number of rotatable bonds is 7. The first-order valence-corrected chi connectivity index (χ1v) is 7.82. The van der Waals surface area contributed by atoms with E-state index < -0.39 is 0 Å². The lowest BCUT2D eigenvalue weighted by atomic mass is 10.3. The molecule has 2 rings (SSSR count). The van der Waals surface area contributed by atoms with E-state index in [1.165, 1.54) is 0 Å². The summed E-state index contributed by atoms with van der Waals surface area (Å²) in [6.45, 7) is 8.46. The van der Waals surface area contributed by atoms with Crippen LogP contribution >= 0.6 is 0 Å². The number of likely N-dealkylation sites (N-methyl/N-ethyl adjacent to an activating group) is 1. The third kappa shape index (κ3) is 4.64. The number of carbonyl (C=O) groups is 1. The maximum atomic E-state index is 11.9. The van der Waals surface area contributed by atoms with E-state index >= 15 is 0 Å². The fourth-order valence-corrected chi connectivity index (χ4v) is 2.42. The summed E-state index contributed by atoms with van der Waals surface area (Å²) < 4.78 is 4.94. The smallest absolute Gasteiger partial charge is 0.271 e. The van der Waals surface area contributed by atoms with E-state index in [1.807, 2.05) is 6.07 Å². The minimum absolute atomic E-state index is 0.189. The van der Waals surface area contributed by atoms with Gasteiger partial charge in [0, 0.05) is 46.4 Å². The molecule has 1 N–H and O–H groups in total. The van der Waals surface area contributed by atoms with Gasteiger partial charge in [0.1, 0.15) is 0 Å². The molecule has 0 spiro atoms. The van der Waals surface area contributed by atoms with Crippen molar-refractivity contribution in [2.45, 2.75) is 13.3 Å². The van der Waals surface area contributed by atoms with Gasteiger partial charge >= 0.3 is 0 Å². The van der Waals surface area contributed by atoms with Crippen molar-refractivity contribution in [2.75, 3.05) is 57.9 Å². The molecule has 1 aliphatic heterocycles. The van der Waals surface area contributed by atoms with Crippen molar-refractivity contribution in [1.29, 1.82) is 0 Å². The quantitative estimate of drug-likeness (QED) is 0.735. The number of hydrogen-bond donors (Lipinski definition) is 1. The van der Waals surface area contributed by atoms with Crippen LogP contribution in [0, 0.1) is 0 Å². The van der Waals surface area contributed by atoms with E-state index in [4.69, 9.17) is 4.74 Å². The zero-order chi connectivity index (χ0) is 15.8. The number of anilines is 1. The molecule has 1 aliphatic rings. The standard InChI is InChI=1S/C15H25N5O2/c1-3-19-8-10-20(11-9-19)14-6-5-13(17-18-14)15(21)16-7-4-12-22-2/h5-6H,3-4,7-12H2,1-2H3,(H,16,21). The van der Waals surface area contributed by atoms with Crippen molar-refractivity contribution in [2.24, 2.45) is 0 Å². The Bertz CT molecular complexity index is 458. The van der Waals surface area contributed by atoms with E-state index in [2.05, 4.69) is 32.2 Å². The summed E-state index contributed by atoms with van der Waals surface area (Å²) >= 11 is 0. The number of amides is 1. The Morgan fingerprint density at radius 3 is 2.64 bits per heavy atom. The summed E-state index contributed by atoms with van der Waals surface area (Å²) in [7, 11) is 1.65. The Balaban J connectivity index is 1.83. The number of nitrogens with zero attached hydrogens (tertiary/aromatic N) is 4. The number of carbonyl (C=O) groups excluding carboxylic acids is 1. The lowest BCUT2D eigenvalue weighted by Gasteiger charge is -2.34. The van der Waals surface area contributed by atoms with Gasteiger partial charge in [-0.25, -0.2) is 0 Å². The maximum Gasteiger partial charge on any atom is 0.271 e. The van der Waals surface area contributed by atoms with Gasteiger partial charge in [0.15, 0.2) is 11.5 Å². The molecule has 0 aromatic carbocycles. The summed E-state index contributed by atoms with van der Waals surface area (Å²) in [6.07, 6.45) is 0.787. The minimum atomic E-state index is -0.189. The topological polar surface area (TPSA) is 70.6 Å². The summed E-state index contributed by atoms with van der Waals surface area (Å²) in [5.74, 6) is 0.651. The number of nitrogens with one attached hydrogen (secondary N) is 1. The highest BCUT2D eigenvalue weighted by atomic mass is 16.5. The highest BCUT2D eigenvalue weighted by molar-refractivity contribution is 5.92. The molecule has 0 atom stereocenters. The van der Waals surface area contributed by atoms with Crippen molar-refractivity contribution in [3.8, 4) is 0 Å². The van der Waals surface area contributed by atoms with E-state index in [9.17, 15) is 4.79 Å². The molecule has 1 aromatic heterocycles. The first-order valence-electron chi connectivity index (χ1n) is 7.82. The monoisotopic (exact) mass is 307 g/mol. The Kier molecular flexibility index (Phi) is 6.54. The molecule has 2 heterocycles. The van der Waals surface area contributed by atoms with Crippen LogP contribution in [0.5, 0.6) is 0 Å². The molecule has 1 fully saturated rings. The first kappa shape index (κ1) is 16.6. The molecule has 1 aromatic rings. The van der Waals surface area contributed by atoms with Gasteiger partial charge < -0.3 is 19.9 Å². The predicted octanol–water partition coefficient (Wildman–Crippen LogP) is 0.385. The average molecular weight is 307 g/mol. The fraction of sp³-hybridized carbons (Fsp3) is 0.667. The van der Waals surface area contributed by atoms with E-state index in [-0.39, 0.29) is 5.91 Å². The summed E-state index contributed by atoms with van der Waals surface area (Å²) in [6, 6.07) is 3.61. The molecule has 0 saturated carbocycles.